The summed E-state index contributed by atoms with van der Waals surface area (Å²) in [6.07, 6.45) is 0.472. The number of hydrogen-bond donors (Lipinski definition) is 3. The molecule has 0 amide bonds. The largest absolute Gasteiger partial charge is 0.489 e. The Morgan fingerprint density at radius 1 is 0.903 bits per heavy atom. The van der Waals surface area contributed by atoms with Gasteiger partial charge in [0.2, 0.25) is 0 Å². The Hall–Kier alpha value is -1.73. The predicted molar refractivity (Wildman–Crippen MR) is 129 cm³/mol. The molecule has 3 aromatic rings. The molecule has 0 saturated heterocycles. The van der Waals surface area contributed by atoms with Gasteiger partial charge in [-0.15, -0.1) is 12.4 Å². The monoisotopic (exact) mass is 479 g/mol. The lowest BCUT2D eigenvalue weighted by Gasteiger charge is -2.19. The van der Waals surface area contributed by atoms with Crippen LogP contribution in [0.1, 0.15) is 23.6 Å². The Bertz CT molecular complexity index is 939. The summed E-state index contributed by atoms with van der Waals surface area (Å²) < 4.78 is 5.91. The molecule has 0 saturated carbocycles. The second kappa shape index (κ2) is 13.0. The maximum atomic E-state index is 9.26. The first-order valence-electron chi connectivity index (χ1n) is 9.80. The van der Waals surface area contributed by atoms with E-state index in [2.05, 4.69) is 0 Å². The van der Waals surface area contributed by atoms with Crippen LogP contribution in [0.5, 0.6) is 5.75 Å². The average Bonchev–Trinajstić information content (AvgIpc) is 2.77. The first-order valence-corrected chi connectivity index (χ1v) is 11.0. The lowest BCUT2D eigenvalue weighted by Crippen LogP contribution is -2.20. The molecule has 0 bridgehead atoms. The Morgan fingerprint density at radius 3 is 2.29 bits per heavy atom. The van der Waals surface area contributed by atoms with E-state index in [1.165, 1.54) is 0 Å². The van der Waals surface area contributed by atoms with Crippen molar-refractivity contribution < 1.29 is 14.9 Å². The third-order valence-corrected chi connectivity index (χ3v) is 6.07. The minimum Gasteiger partial charge on any atom is -0.489 e. The van der Waals surface area contributed by atoms with Crippen molar-refractivity contribution >= 4 is 35.8 Å². The van der Waals surface area contributed by atoms with E-state index in [0.29, 0.717) is 18.1 Å². The first kappa shape index (κ1) is 25.5. The average molecular weight is 480 g/mol. The second-order valence-electron chi connectivity index (χ2n) is 7.11. The van der Waals surface area contributed by atoms with Crippen LogP contribution in [0.25, 0.3) is 0 Å². The van der Waals surface area contributed by atoms with E-state index < -0.39 is 0 Å². The number of ether oxygens (including phenoxy) is 1. The number of aliphatic hydroxyl groups excluding tert-OH is 2. The molecule has 1 unspecified atom stereocenters. The summed E-state index contributed by atoms with van der Waals surface area (Å²) in [6, 6.07) is 23.5. The van der Waals surface area contributed by atoms with Crippen molar-refractivity contribution in [3.63, 3.8) is 0 Å². The van der Waals surface area contributed by atoms with Gasteiger partial charge in [0.25, 0.3) is 0 Å². The molecule has 0 heterocycles. The number of nitrogens with two attached hydrogens (primary N) is 1. The SMILES string of the molecule is Cl.NC(CC(CO)CO)c1ccc(Sc2cccc(OCc3ccccc3)c2)cc1Cl. The molecule has 0 radical (unpaired) electrons. The maximum Gasteiger partial charge on any atom is 0.120 e. The van der Waals surface area contributed by atoms with Gasteiger partial charge in [-0.25, -0.2) is 0 Å². The van der Waals surface area contributed by atoms with Gasteiger partial charge in [0.1, 0.15) is 12.4 Å². The van der Waals surface area contributed by atoms with Crippen LogP contribution in [-0.4, -0.2) is 23.4 Å². The summed E-state index contributed by atoms with van der Waals surface area (Å²) in [4.78, 5) is 2.05. The summed E-state index contributed by atoms with van der Waals surface area (Å²) in [5.74, 6) is 0.566. The molecule has 0 spiro atoms. The molecule has 1 atom stereocenters. The predicted octanol–water partition coefficient (Wildman–Crippen LogP) is 5.48. The lowest BCUT2D eigenvalue weighted by atomic mass is 9.96. The molecule has 4 nitrogen and oxygen atoms in total. The number of aliphatic hydroxyl groups is 2. The van der Waals surface area contributed by atoms with Crippen molar-refractivity contribution in [2.45, 2.75) is 28.9 Å². The van der Waals surface area contributed by atoms with Crippen LogP contribution in [0.3, 0.4) is 0 Å². The topological polar surface area (TPSA) is 75.7 Å². The summed E-state index contributed by atoms with van der Waals surface area (Å²) in [6.45, 7) is 0.326. The first-order chi connectivity index (χ1) is 14.6. The smallest absolute Gasteiger partial charge is 0.120 e. The lowest BCUT2D eigenvalue weighted by molar-refractivity contribution is 0.138. The van der Waals surface area contributed by atoms with Crippen molar-refractivity contribution in [3.05, 3.63) is 88.9 Å². The Labute approximate surface area is 198 Å². The van der Waals surface area contributed by atoms with Crippen molar-refractivity contribution in [2.75, 3.05) is 13.2 Å². The van der Waals surface area contributed by atoms with Crippen LogP contribution >= 0.6 is 35.8 Å². The molecule has 0 aromatic heterocycles. The van der Waals surface area contributed by atoms with Crippen LogP contribution in [0, 0.1) is 5.92 Å². The Balaban J connectivity index is 0.00000341. The zero-order valence-electron chi connectivity index (χ0n) is 17.0. The van der Waals surface area contributed by atoms with Crippen LogP contribution in [0.4, 0.5) is 0 Å². The summed E-state index contributed by atoms with van der Waals surface area (Å²) in [7, 11) is 0. The van der Waals surface area contributed by atoms with Gasteiger partial charge in [-0.1, -0.05) is 65.8 Å². The Morgan fingerprint density at radius 2 is 1.61 bits per heavy atom. The zero-order chi connectivity index (χ0) is 21.3. The quantitative estimate of drug-likeness (QED) is 0.358. The highest BCUT2D eigenvalue weighted by Gasteiger charge is 2.16. The van der Waals surface area contributed by atoms with E-state index in [4.69, 9.17) is 22.1 Å². The molecule has 7 heteroatoms. The van der Waals surface area contributed by atoms with E-state index in [0.717, 1.165) is 26.7 Å². The zero-order valence-corrected chi connectivity index (χ0v) is 19.4. The molecular weight excluding hydrogens is 453 g/mol. The van der Waals surface area contributed by atoms with E-state index in [1.54, 1.807) is 11.8 Å². The molecule has 31 heavy (non-hydrogen) atoms. The third kappa shape index (κ3) is 7.72. The number of hydrogen-bond acceptors (Lipinski definition) is 5. The van der Waals surface area contributed by atoms with E-state index in [9.17, 15) is 10.2 Å². The Kier molecular flexibility index (Phi) is 10.7. The van der Waals surface area contributed by atoms with Gasteiger partial charge >= 0.3 is 0 Å². The van der Waals surface area contributed by atoms with Gasteiger partial charge in [0.05, 0.1) is 0 Å². The van der Waals surface area contributed by atoms with Gasteiger partial charge in [-0.05, 0) is 47.9 Å². The van der Waals surface area contributed by atoms with Crippen LogP contribution in [-0.2, 0) is 6.61 Å². The highest BCUT2D eigenvalue weighted by atomic mass is 35.5. The number of halogens is 2. The summed E-state index contributed by atoms with van der Waals surface area (Å²) in [5.41, 5.74) is 8.16. The number of benzene rings is 3. The molecule has 3 rings (SSSR count). The van der Waals surface area contributed by atoms with Gasteiger partial charge in [0.15, 0.2) is 0 Å². The van der Waals surface area contributed by atoms with E-state index >= 15 is 0 Å². The molecule has 0 aliphatic carbocycles. The molecule has 0 fully saturated rings. The highest BCUT2D eigenvalue weighted by Crippen LogP contribution is 2.35. The molecule has 0 aliphatic heterocycles. The fraction of sp³-hybridized carbons (Fsp3) is 0.250. The van der Waals surface area contributed by atoms with Gasteiger partial charge in [-0.2, -0.15) is 0 Å². The summed E-state index contributed by atoms with van der Waals surface area (Å²) >= 11 is 8.06. The van der Waals surface area contributed by atoms with Crippen LogP contribution < -0.4 is 10.5 Å². The highest BCUT2D eigenvalue weighted by molar-refractivity contribution is 7.99. The molecule has 166 valence electrons. The maximum absolute atomic E-state index is 9.26. The van der Waals surface area contributed by atoms with Crippen molar-refractivity contribution in [3.8, 4) is 5.75 Å². The fourth-order valence-corrected chi connectivity index (χ4v) is 4.36. The normalized spacial score (nSPS) is 11.8. The number of rotatable bonds is 10. The molecule has 4 N–H and O–H groups in total. The third-order valence-electron chi connectivity index (χ3n) is 4.76. The minimum absolute atomic E-state index is 0. The molecule has 0 aliphatic rings. The summed E-state index contributed by atoms with van der Waals surface area (Å²) in [5, 5.41) is 19.1. The van der Waals surface area contributed by atoms with Gasteiger partial charge < -0.3 is 20.7 Å². The van der Waals surface area contributed by atoms with E-state index in [1.807, 2.05) is 72.8 Å². The second-order valence-corrected chi connectivity index (χ2v) is 8.66. The van der Waals surface area contributed by atoms with Gasteiger partial charge in [-0.3, -0.25) is 0 Å². The molecule has 3 aromatic carbocycles. The van der Waals surface area contributed by atoms with Crippen molar-refractivity contribution in [1.82, 2.24) is 0 Å². The standard InChI is InChI=1S/C24H26ClNO3S.ClH/c25-23-13-21(9-10-22(23)24(26)11-18(14-27)15-28)30-20-8-4-7-19(12-20)29-16-17-5-2-1-3-6-17;/h1-10,12-13,18,24,27-28H,11,14-16,26H2;1H. The van der Waals surface area contributed by atoms with Crippen molar-refractivity contribution in [1.29, 1.82) is 0 Å². The van der Waals surface area contributed by atoms with Crippen molar-refractivity contribution in [2.24, 2.45) is 11.7 Å². The fourth-order valence-electron chi connectivity index (χ4n) is 3.07. The van der Waals surface area contributed by atoms with Gasteiger partial charge in [0, 0.05) is 40.0 Å². The minimum atomic E-state index is -0.337. The molecular formula is C24H27Cl2NO3S. The van der Waals surface area contributed by atoms with Crippen LogP contribution in [0.15, 0.2) is 82.6 Å². The van der Waals surface area contributed by atoms with E-state index in [-0.39, 0.29) is 37.6 Å². The van der Waals surface area contributed by atoms with Crippen LogP contribution in [0.2, 0.25) is 5.02 Å².